The Morgan fingerprint density at radius 2 is 1.67 bits per heavy atom. The molecule has 1 aromatic heterocycles. The fourth-order valence-corrected chi connectivity index (χ4v) is 5.68. The Kier molecular flexibility index (Phi) is 8.22. The number of ketones is 1. The Balaban J connectivity index is 1.12. The molecule has 1 saturated heterocycles. The summed E-state index contributed by atoms with van der Waals surface area (Å²) >= 11 is 0. The number of fused-ring (bicyclic) bond motifs is 1. The number of carbonyl (C=O) groups excluding carboxylic acids is 2. The highest BCUT2D eigenvalue weighted by molar-refractivity contribution is 5.99. The maximum Gasteiger partial charge on any atom is 0.338 e. The molecule has 6 rings (SSSR count). The summed E-state index contributed by atoms with van der Waals surface area (Å²) in [5, 5.41) is 3.47. The van der Waals surface area contributed by atoms with Crippen molar-refractivity contribution in [1.82, 2.24) is 9.97 Å². The second kappa shape index (κ2) is 12.5. The molecule has 2 aliphatic rings. The number of aryl methyl sites for hydroxylation is 1. The first-order valence-electron chi connectivity index (χ1n) is 14.5. The van der Waals surface area contributed by atoms with Crippen molar-refractivity contribution in [3.63, 3.8) is 0 Å². The molecule has 0 bridgehead atoms. The molecular formula is C34H34N4O5. The highest BCUT2D eigenvalue weighted by Crippen LogP contribution is 2.35. The lowest BCUT2D eigenvalue weighted by Gasteiger charge is -2.20. The molecule has 0 saturated carbocycles. The zero-order valence-electron chi connectivity index (χ0n) is 24.3. The molecular weight excluding hydrogens is 544 g/mol. The van der Waals surface area contributed by atoms with Gasteiger partial charge in [0.1, 0.15) is 12.4 Å². The van der Waals surface area contributed by atoms with Crippen molar-refractivity contribution in [3.8, 4) is 11.5 Å². The number of methoxy groups -OCH3 is 2. The normalized spacial score (nSPS) is 15.6. The smallest absolute Gasteiger partial charge is 0.338 e. The van der Waals surface area contributed by atoms with Crippen molar-refractivity contribution >= 4 is 29.2 Å². The van der Waals surface area contributed by atoms with Crippen molar-refractivity contribution in [3.05, 3.63) is 101 Å². The second-order valence-electron chi connectivity index (χ2n) is 10.8. The van der Waals surface area contributed by atoms with Crippen LogP contribution in [-0.4, -0.2) is 49.0 Å². The molecule has 1 atom stereocenters. The van der Waals surface area contributed by atoms with Crippen LogP contribution in [0.15, 0.2) is 72.8 Å². The Hall–Kier alpha value is -4.92. The van der Waals surface area contributed by atoms with Gasteiger partial charge in [0.2, 0.25) is 5.95 Å². The molecule has 0 spiro atoms. The van der Waals surface area contributed by atoms with Crippen LogP contribution in [0.1, 0.15) is 50.4 Å². The fraction of sp³-hybridized carbons (Fsp3) is 0.294. The van der Waals surface area contributed by atoms with Gasteiger partial charge in [0.15, 0.2) is 17.3 Å². The average molecular weight is 579 g/mol. The summed E-state index contributed by atoms with van der Waals surface area (Å²) < 4.78 is 16.3. The zero-order valence-corrected chi connectivity index (χ0v) is 24.3. The zero-order chi connectivity index (χ0) is 29.8. The molecule has 4 aromatic rings. The van der Waals surface area contributed by atoms with Gasteiger partial charge >= 0.3 is 5.97 Å². The first-order chi connectivity index (χ1) is 21.0. The van der Waals surface area contributed by atoms with Gasteiger partial charge in [-0.2, -0.15) is 4.98 Å². The number of Topliss-reactive ketones (excluding diaryl/α,β-unsaturated/α-hetero) is 1. The van der Waals surface area contributed by atoms with E-state index in [1.165, 1.54) is 0 Å². The molecule has 0 amide bonds. The lowest BCUT2D eigenvalue weighted by molar-refractivity contribution is 0.0472. The number of hydrogen-bond acceptors (Lipinski definition) is 9. The molecule has 1 unspecified atom stereocenters. The molecule has 220 valence electrons. The minimum Gasteiger partial charge on any atom is -0.493 e. The SMILES string of the molecule is COc1ccc(Nc2nc(N3CCC(C(=O)c4ccc(C(=O)OCc5ccccc5)cc4)C3)nc3c2CCC3)cc1OC. The number of aromatic nitrogens is 2. The summed E-state index contributed by atoms with van der Waals surface area (Å²) in [6, 6.07) is 22.0. The van der Waals surface area contributed by atoms with Gasteiger partial charge in [-0.25, -0.2) is 9.78 Å². The van der Waals surface area contributed by atoms with Gasteiger partial charge in [-0.3, -0.25) is 4.79 Å². The fourth-order valence-electron chi connectivity index (χ4n) is 5.68. The highest BCUT2D eigenvalue weighted by Gasteiger charge is 2.32. The molecule has 0 radical (unpaired) electrons. The number of nitrogens with one attached hydrogen (secondary N) is 1. The van der Waals surface area contributed by atoms with Crippen LogP contribution in [0.4, 0.5) is 17.5 Å². The van der Waals surface area contributed by atoms with Crippen LogP contribution < -0.4 is 19.7 Å². The van der Waals surface area contributed by atoms with Crippen LogP contribution in [0.5, 0.6) is 11.5 Å². The first-order valence-corrected chi connectivity index (χ1v) is 14.5. The van der Waals surface area contributed by atoms with E-state index in [1.807, 2.05) is 48.5 Å². The largest absolute Gasteiger partial charge is 0.493 e. The summed E-state index contributed by atoms with van der Waals surface area (Å²) in [6.07, 6.45) is 3.56. The van der Waals surface area contributed by atoms with Gasteiger partial charge in [0, 0.05) is 41.9 Å². The van der Waals surface area contributed by atoms with E-state index in [2.05, 4.69) is 10.2 Å². The number of carbonyl (C=O) groups is 2. The topological polar surface area (TPSA) is 103 Å². The van der Waals surface area contributed by atoms with E-state index in [0.29, 0.717) is 48.1 Å². The monoisotopic (exact) mass is 578 g/mol. The summed E-state index contributed by atoms with van der Waals surface area (Å²) in [5.74, 6) is 2.17. The first kappa shape index (κ1) is 28.2. The van der Waals surface area contributed by atoms with Crippen LogP contribution in [0.2, 0.25) is 0 Å². The number of anilines is 3. The number of nitrogens with zero attached hydrogens (tertiary/aromatic N) is 3. The van der Waals surface area contributed by atoms with E-state index in [1.54, 1.807) is 38.5 Å². The maximum absolute atomic E-state index is 13.4. The number of esters is 1. The van der Waals surface area contributed by atoms with Gasteiger partial charge in [0.25, 0.3) is 0 Å². The second-order valence-corrected chi connectivity index (χ2v) is 10.8. The predicted molar refractivity (Wildman–Crippen MR) is 164 cm³/mol. The predicted octanol–water partition coefficient (Wildman–Crippen LogP) is 5.79. The molecule has 3 aromatic carbocycles. The van der Waals surface area contributed by atoms with Gasteiger partial charge in [-0.05, 0) is 55.5 Å². The van der Waals surface area contributed by atoms with Crippen LogP contribution in [0, 0.1) is 5.92 Å². The molecule has 9 heteroatoms. The van der Waals surface area contributed by atoms with Gasteiger partial charge in [-0.1, -0.05) is 42.5 Å². The summed E-state index contributed by atoms with van der Waals surface area (Å²) in [7, 11) is 3.23. The number of rotatable bonds is 10. The maximum atomic E-state index is 13.4. The molecule has 1 aliphatic heterocycles. The third kappa shape index (κ3) is 6.16. The van der Waals surface area contributed by atoms with E-state index < -0.39 is 5.97 Å². The lowest BCUT2D eigenvalue weighted by Crippen LogP contribution is -2.25. The minimum atomic E-state index is -0.416. The van der Waals surface area contributed by atoms with Gasteiger partial charge in [0.05, 0.1) is 25.5 Å². The molecule has 43 heavy (non-hydrogen) atoms. The average Bonchev–Trinajstić information content (AvgIpc) is 3.74. The molecule has 1 aliphatic carbocycles. The van der Waals surface area contributed by atoms with E-state index in [9.17, 15) is 9.59 Å². The van der Waals surface area contributed by atoms with E-state index in [0.717, 1.165) is 47.6 Å². The summed E-state index contributed by atoms with van der Waals surface area (Å²) in [5.41, 5.74) is 4.95. The number of ether oxygens (including phenoxy) is 3. The van der Waals surface area contributed by atoms with E-state index in [4.69, 9.17) is 24.2 Å². The van der Waals surface area contributed by atoms with Crippen molar-refractivity contribution < 1.29 is 23.8 Å². The van der Waals surface area contributed by atoms with Crippen molar-refractivity contribution in [1.29, 1.82) is 0 Å². The summed E-state index contributed by atoms with van der Waals surface area (Å²) in [4.78, 5) is 37.8. The van der Waals surface area contributed by atoms with Gasteiger partial charge < -0.3 is 24.4 Å². The molecule has 9 nitrogen and oxygen atoms in total. The molecule has 1 fully saturated rings. The summed E-state index contributed by atoms with van der Waals surface area (Å²) in [6.45, 7) is 1.43. The Morgan fingerprint density at radius 1 is 0.907 bits per heavy atom. The highest BCUT2D eigenvalue weighted by atomic mass is 16.5. The van der Waals surface area contributed by atoms with E-state index in [-0.39, 0.29) is 18.3 Å². The third-order valence-electron chi connectivity index (χ3n) is 8.03. The lowest BCUT2D eigenvalue weighted by atomic mass is 9.96. The van der Waals surface area contributed by atoms with Crippen LogP contribution in [-0.2, 0) is 24.2 Å². The Morgan fingerprint density at radius 3 is 2.44 bits per heavy atom. The molecule has 1 N–H and O–H groups in total. The minimum absolute atomic E-state index is 0.0524. The Labute approximate surface area is 250 Å². The third-order valence-corrected chi connectivity index (χ3v) is 8.03. The van der Waals surface area contributed by atoms with Crippen molar-refractivity contribution in [2.24, 2.45) is 5.92 Å². The Bertz CT molecular complexity index is 1620. The standard InChI is InChI=1S/C34H34N4O5/c1-41-29-16-15-26(19-30(29)42-2)35-32-27-9-6-10-28(27)36-34(37-32)38-18-17-25(20-38)31(39)23-11-13-24(14-12-23)33(40)43-21-22-7-4-3-5-8-22/h3-5,7-8,11-16,19,25H,6,9-10,17-18,20-21H2,1-2H3,(H,35,36,37). The number of hydrogen-bond donors (Lipinski definition) is 1. The van der Waals surface area contributed by atoms with Crippen molar-refractivity contribution in [2.75, 3.05) is 37.5 Å². The molecule has 2 heterocycles. The van der Waals surface area contributed by atoms with Gasteiger partial charge in [-0.15, -0.1) is 0 Å². The van der Waals surface area contributed by atoms with Crippen molar-refractivity contribution in [2.45, 2.75) is 32.3 Å². The van der Waals surface area contributed by atoms with Crippen LogP contribution >= 0.6 is 0 Å². The van der Waals surface area contributed by atoms with Crippen LogP contribution in [0.25, 0.3) is 0 Å². The quantitative estimate of drug-likeness (QED) is 0.185. The number of benzene rings is 3. The van der Waals surface area contributed by atoms with E-state index >= 15 is 0 Å². The van der Waals surface area contributed by atoms with Crippen LogP contribution in [0.3, 0.4) is 0 Å².